The fraction of sp³-hybridized carbons (Fsp3) is 0.562. The van der Waals surface area contributed by atoms with Crippen molar-refractivity contribution >= 4 is 21.7 Å². The van der Waals surface area contributed by atoms with Gasteiger partial charge in [0.15, 0.2) is 5.78 Å². The van der Waals surface area contributed by atoms with Gasteiger partial charge in [-0.15, -0.1) is 0 Å². The molecule has 20 heavy (non-hydrogen) atoms. The number of carbonyl (C=O) groups is 1. The monoisotopic (exact) mass is 339 g/mol. The molecule has 0 aromatic heterocycles. The van der Waals surface area contributed by atoms with Crippen LogP contribution in [0.15, 0.2) is 22.7 Å². The average Bonchev–Trinajstić information content (AvgIpc) is 2.81. The zero-order valence-electron chi connectivity index (χ0n) is 11.4. The Morgan fingerprint density at radius 1 is 1.30 bits per heavy atom. The van der Waals surface area contributed by atoms with Crippen molar-refractivity contribution in [2.45, 2.75) is 50.6 Å². The molecule has 0 bridgehead atoms. The number of halogens is 2. The maximum Gasteiger partial charge on any atom is 0.154 e. The normalized spacial score (nSPS) is 29.2. The van der Waals surface area contributed by atoms with E-state index in [0.29, 0.717) is 22.9 Å². The zero-order chi connectivity index (χ0) is 14.1. The molecular formula is C16H19BrFNO. The van der Waals surface area contributed by atoms with Gasteiger partial charge < -0.3 is 5.32 Å². The molecule has 1 N–H and O–H groups in total. The van der Waals surface area contributed by atoms with Crippen LogP contribution >= 0.6 is 15.9 Å². The molecule has 0 radical (unpaired) electrons. The molecule has 1 heterocycles. The summed E-state index contributed by atoms with van der Waals surface area (Å²) in [5.41, 5.74) is 0.749. The van der Waals surface area contributed by atoms with Gasteiger partial charge in [-0.2, -0.15) is 0 Å². The van der Waals surface area contributed by atoms with Gasteiger partial charge in [0.25, 0.3) is 0 Å². The van der Waals surface area contributed by atoms with Gasteiger partial charge in [0.1, 0.15) is 5.82 Å². The first-order valence-corrected chi connectivity index (χ1v) is 8.15. The molecule has 2 nitrogen and oxygen atoms in total. The Balaban J connectivity index is 1.64. The van der Waals surface area contributed by atoms with Crippen LogP contribution in [0.3, 0.4) is 0 Å². The highest BCUT2D eigenvalue weighted by Gasteiger charge is 2.37. The number of hydrogen-bond donors (Lipinski definition) is 1. The van der Waals surface area contributed by atoms with E-state index < -0.39 is 0 Å². The summed E-state index contributed by atoms with van der Waals surface area (Å²) in [7, 11) is 0. The number of rotatable bonds is 3. The summed E-state index contributed by atoms with van der Waals surface area (Å²) in [6, 6.07) is 5.17. The fourth-order valence-corrected chi connectivity index (χ4v) is 4.11. The molecule has 1 saturated heterocycles. The summed E-state index contributed by atoms with van der Waals surface area (Å²) in [4.78, 5) is 12.4. The SMILES string of the molecule is O=C(Cc1cc(F)cc(Br)c1)C1CC2CCCCC2N1. The van der Waals surface area contributed by atoms with Crippen LogP contribution in [-0.4, -0.2) is 17.9 Å². The van der Waals surface area contributed by atoms with E-state index in [4.69, 9.17) is 0 Å². The molecule has 3 unspecified atom stereocenters. The Kier molecular flexibility index (Phi) is 4.22. The van der Waals surface area contributed by atoms with Gasteiger partial charge in [-0.3, -0.25) is 4.79 Å². The van der Waals surface area contributed by atoms with Crippen LogP contribution in [0, 0.1) is 11.7 Å². The van der Waals surface area contributed by atoms with Gasteiger partial charge in [-0.05, 0) is 48.9 Å². The first-order valence-electron chi connectivity index (χ1n) is 7.35. The molecule has 0 amide bonds. The van der Waals surface area contributed by atoms with E-state index in [-0.39, 0.29) is 17.6 Å². The van der Waals surface area contributed by atoms with Gasteiger partial charge in [0, 0.05) is 16.9 Å². The molecule has 2 aliphatic rings. The van der Waals surface area contributed by atoms with E-state index in [9.17, 15) is 9.18 Å². The van der Waals surface area contributed by atoms with Gasteiger partial charge in [0.05, 0.1) is 6.04 Å². The lowest BCUT2D eigenvalue weighted by atomic mass is 9.84. The van der Waals surface area contributed by atoms with Crippen molar-refractivity contribution < 1.29 is 9.18 Å². The first-order chi connectivity index (χ1) is 9.61. The molecule has 3 atom stereocenters. The predicted molar refractivity (Wildman–Crippen MR) is 80.1 cm³/mol. The number of fused-ring (bicyclic) bond motifs is 1. The molecule has 1 aliphatic carbocycles. The van der Waals surface area contributed by atoms with Crippen LogP contribution in [0.25, 0.3) is 0 Å². The van der Waals surface area contributed by atoms with Crippen molar-refractivity contribution in [3.05, 3.63) is 34.1 Å². The zero-order valence-corrected chi connectivity index (χ0v) is 13.0. The van der Waals surface area contributed by atoms with Crippen molar-refractivity contribution in [2.24, 2.45) is 5.92 Å². The highest BCUT2D eigenvalue weighted by molar-refractivity contribution is 9.10. The van der Waals surface area contributed by atoms with Crippen LogP contribution in [0.1, 0.15) is 37.7 Å². The molecule has 1 saturated carbocycles. The molecular weight excluding hydrogens is 321 g/mol. The van der Waals surface area contributed by atoms with E-state index in [2.05, 4.69) is 21.2 Å². The van der Waals surface area contributed by atoms with Crippen molar-refractivity contribution in [1.82, 2.24) is 5.32 Å². The summed E-state index contributed by atoms with van der Waals surface area (Å²) < 4.78 is 14.0. The van der Waals surface area contributed by atoms with Crippen LogP contribution in [0.5, 0.6) is 0 Å². The van der Waals surface area contributed by atoms with Gasteiger partial charge in [-0.25, -0.2) is 4.39 Å². The van der Waals surface area contributed by atoms with E-state index in [1.54, 1.807) is 0 Å². The third kappa shape index (κ3) is 3.12. The number of carbonyl (C=O) groups excluding carboxylic acids is 1. The number of hydrogen-bond acceptors (Lipinski definition) is 2. The van der Waals surface area contributed by atoms with Crippen molar-refractivity contribution in [2.75, 3.05) is 0 Å². The van der Waals surface area contributed by atoms with Crippen LogP contribution in [0.4, 0.5) is 4.39 Å². The van der Waals surface area contributed by atoms with Crippen LogP contribution < -0.4 is 5.32 Å². The minimum Gasteiger partial charge on any atom is -0.304 e. The highest BCUT2D eigenvalue weighted by Crippen LogP contribution is 2.33. The molecule has 108 valence electrons. The van der Waals surface area contributed by atoms with E-state index in [1.165, 1.54) is 37.8 Å². The maximum atomic E-state index is 13.3. The minimum absolute atomic E-state index is 0.0369. The first kappa shape index (κ1) is 14.2. The highest BCUT2D eigenvalue weighted by atomic mass is 79.9. The van der Waals surface area contributed by atoms with Gasteiger partial charge >= 0.3 is 0 Å². The number of benzene rings is 1. The van der Waals surface area contributed by atoms with Crippen LogP contribution in [-0.2, 0) is 11.2 Å². The molecule has 1 aromatic rings. The third-order valence-electron chi connectivity index (χ3n) is 4.55. The average molecular weight is 340 g/mol. The van der Waals surface area contributed by atoms with Crippen molar-refractivity contribution in [1.29, 1.82) is 0 Å². The third-order valence-corrected chi connectivity index (χ3v) is 5.01. The van der Waals surface area contributed by atoms with E-state index in [0.717, 1.165) is 12.0 Å². The molecule has 1 aliphatic heterocycles. The molecule has 2 fully saturated rings. The second-order valence-corrected chi connectivity index (χ2v) is 6.94. The van der Waals surface area contributed by atoms with Gasteiger partial charge in [-0.1, -0.05) is 28.8 Å². The van der Waals surface area contributed by atoms with Crippen molar-refractivity contribution in [3.63, 3.8) is 0 Å². The van der Waals surface area contributed by atoms with Crippen molar-refractivity contribution in [3.8, 4) is 0 Å². The fourth-order valence-electron chi connectivity index (χ4n) is 3.60. The smallest absolute Gasteiger partial charge is 0.154 e. The summed E-state index contributed by atoms with van der Waals surface area (Å²) in [5, 5.41) is 3.49. The number of nitrogens with one attached hydrogen (secondary N) is 1. The minimum atomic E-state index is -0.296. The summed E-state index contributed by atoms with van der Waals surface area (Å²) in [6.07, 6.45) is 6.27. The number of Topliss-reactive ketones (excluding diaryl/α,β-unsaturated/α-hetero) is 1. The maximum absolute atomic E-state index is 13.3. The summed E-state index contributed by atoms with van der Waals surface area (Å²) >= 11 is 3.27. The Morgan fingerprint density at radius 3 is 2.85 bits per heavy atom. The Morgan fingerprint density at radius 2 is 2.10 bits per heavy atom. The lowest BCUT2D eigenvalue weighted by molar-refractivity contribution is -0.120. The summed E-state index contributed by atoms with van der Waals surface area (Å²) in [5.74, 6) is 0.559. The lowest BCUT2D eigenvalue weighted by Crippen LogP contribution is -2.37. The van der Waals surface area contributed by atoms with E-state index in [1.807, 2.05) is 6.07 Å². The molecule has 3 rings (SSSR count). The molecule has 1 aromatic carbocycles. The van der Waals surface area contributed by atoms with E-state index >= 15 is 0 Å². The predicted octanol–water partition coefficient (Wildman–Crippen LogP) is 3.62. The Labute approximate surface area is 127 Å². The quantitative estimate of drug-likeness (QED) is 0.911. The van der Waals surface area contributed by atoms with Crippen LogP contribution in [0.2, 0.25) is 0 Å². The van der Waals surface area contributed by atoms with Gasteiger partial charge in [0.2, 0.25) is 0 Å². The second kappa shape index (κ2) is 5.94. The standard InChI is InChI=1S/C16H19BrFNO/c17-12-5-10(6-13(18)9-12)7-16(20)15-8-11-3-1-2-4-14(11)19-15/h5-6,9,11,14-15,19H,1-4,7-8H2. The lowest BCUT2D eigenvalue weighted by Gasteiger charge is -2.24. The topological polar surface area (TPSA) is 29.1 Å². The Bertz CT molecular complexity index is 485. The summed E-state index contributed by atoms with van der Waals surface area (Å²) in [6.45, 7) is 0. The Hall–Kier alpha value is -0.740. The molecule has 4 heteroatoms. The molecule has 0 spiro atoms. The number of ketones is 1. The largest absolute Gasteiger partial charge is 0.304 e. The second-order valence-electron chi connectivity index (χ2n) is 6.03.